The van der Waals surface area contributed by atoms with Crippen molar-refractivity contribution in [2.24, 2.45) is 5.10 Å². The number of fused-ring (bicyclic) bond motifs is 1. The molecule has 1 heterocycles. The van der Waals surface area contributed by atoms with E-state index in [4.69, 9.17) is 9.47 Å². The number of rotatable bonds is 5. The average Bonchev–Trinajstić information content (AvgIpc) is 3.08. The Morgan fingerprint density at radius 3 is 2.68 bits per heavy atom. The molecule has 0 bridgehead atoms. The lowest BCUT2D eigenvalue weighted by molar-refractivity contribution is -0.120. The molecule has 2 aromatic rings. The van der Waals surface area contributed by atoms with Gasteiger partial charge in [-0.2, -0.15) is 5.10 Å². The van der Waals surface area contributed by atoms with Gasteiger partial charge in [-0.25, -0.2) is 9.82 Å². The fourth-order valence-corrected chi connectivity index (χ4v) is 2.08. The van der Waals surface area contributed by atoms with Crippen LogP contribution in [0.2, 0.25) is 0 Å². The lowest BCUT2D eigenvalue weighted by Crippen LogP contribution is -2.34. The van der Waals surface area contributed by atoms with Crippen LogP contribution in [-0.4, -0.2) is 31.4 Å². The van der Waals surface area contributed by atoms with Crippen LogP contribution in [0, 0.1) is 5.82 Å². The van der Waals surface area contributed by atoms with Crippen molar-refractivity contribution in [3.8, 4) is 11.5 Å². The molecule has 1 aliphatic rings. The summed E-state index contributed by atoms with van der Waals surface area (Å²) in [5.74, 6) is -0.138. The third kappa shape index (κ3) is 4.31. The zero-order valence-electron chi connectivity index (χ0n) is 13.0. The highest BCUT2D eigenvalue weighted by Crippen LogP contribution is 2.31. The van der Waals surface area contributed by atoms with E-state index in [-0.39, 0.29) is 18.9 Å². The minimum atomic E-state index is -0.493. The molecule has 8 heteroatoms. The highest BCUT2D eigenvalue weighted by molar-refractivity contribution is 5.96. The lowest BCUT2D eigenvalue weighted by Gasteiger charge is -2.04. The largest absolute Gasteiger partial charge is 0.454 e. The second kappa shape index (κ2) is 7.43. The molecular formula is C17H14FN3O4. The minimum absolute atomic E-state index is 0.181. The van der Waals surface area contributed by atoms with E-state index in [0.29, 0.717) is 11.5 Å². The van der Waals surface area contributed by atoms with Crippen molar-refractivity contribution in [1.29, 1.82) is 0 Å². The number of nitrogens with zero attached hydrogens (tertiary/aromatic N) is 1. The van der Waals surface area contributed by atoms with E-state index in [1.54, 1.807) is 18.2 Å². The van der Waals surface area contributed by atoms with Crippen LogP contribution in [0.15, 0.2) is 47.6 Å². The minimum Gasteiger partial charge on any atom is -0.454 e. The third-order valence-corrected chi connectivity index (χ3v) is 3.32. The van der Waals surface area contributed by atoms with Gasteiger partial charge in [-0.15, -0.1) is 0 Å². The van der Waals surface area contributed by atoms with Gasteiger partial charge in [0, 0.05) is 5.56 Å². The van der Waals surface area contributed by atoms with Crippen LogP contribution in [-0.2, 0) is 4.79 Å². The summed E-state index contributed by atoms with van der Waals surface area (Å²) >= 11 is 0. The van der Waals surface area contributed by atoms with Crippen LogP contribution in [0.3, 0.4) is 0 Å². The predicted octanol–water partition coefficient (Wildman–Crippen LogP) is 1.43. The maximum atomic E-state index is 12.8. The summed E-state index contributed by atoms with van der Waals surface area (Å²) in [6, 6.07) is 10.2. The van der Waals surface area contributed by atoms with E-state index in [0.717, 1.165) is 5.56 Å². The van der Waals surface area contributed by atoms with Crippen LogP contribution in [0.25, 0.3) is 0 Å². The van der Waals surface area contributed by atoms with Crippen molar-refractivity contribution in [3.05, 3.63) is 59.4 Å². The monoisotopic (exact) mass is 343 g/mol. The quantitative estimate of drug-likeness (QED) is 0.635. The zero-order chi connectivity index (χ0) is 17.6. The van der Waals surface area contributed by atoms with Gasteiger partial charge in [0.1, 0.15) is 5.82 Å². The molecule has 3 rings (SSSR count). The molecule has 128 valence electrons. The van der Waals surface area contributed by atoms with Gasteiger partial charge in [-0.05, 0) is 48.0 Å². The molecule has 0 aromatic heterocycles. The molecule has 0 radical (unpaired) electrons. The Balaban J connectivity index is 1.46. The first-order chi connectivity index (χ1) is 12.1. The number of carbonyl (C=O) groups excluding carboxylic acids is 2. The molecule has 1 aliphatic heterocycles. The molecule has 2 N–H and O–H groups in total. The van der Waals surface area contributed by atoms with E-state index in [1.165, 1.54) is 30.5 Å². The molecule has 0 fully saturated rings. The molecule has 0 unspecified atom stereocenters. The van der Waals surface area contributed by atoms with Crippen molar-refractivity contribution in [3.63, 3.8) is 0 Å². The van der Waals surface area contributed by atoms with Crippen molar-refractivity contribution in [1.82, 2.24) is 10.7 Å². The van der Waals surface area contributed by atoms with Crippen LogP contribution >= 0.6 is 0 Å². The van der Waals surface area contributed by atoms with Gasteiger partial charge in [0.05, 0.1) is 12.8 Å². The van der Waals surface area contributed by atoms with Crippen LogP contribution in [0.4, 0.5) is 4.39 Å². The molecule has 0 aliphatic carbocycles. The van der Waals surface area contributed by atoms with E-state index < -0.39 is 17.6 Å². The van der Waals surface area contributed by atoms with Gasteiger partial charge < -0.3 is 14.8 Å². The van der Waals surface area contributed by atoms with Gasteiger partial charge in [0.2, 0.25) is 6.79 Å². The summed E-state index contributed by atoms with van der Waals surface area (Å²) in [5.41, 5.74) is 3.28. The smallest absolute Gasteiger partial charge is 0.259 e. The molecule has 0 saturated carbocycles. The first kappa shape index (κ1) is 16.4. The topological polar surface area (TPSA) is 89.0 Å². The molecule has 2 aromatic carbocycles. The average molecular weight is 343 g/mol. The van der Waals surface area contributed by atoms with E-state index in [9.17, 15) is 14.0 Å². The number of ether oxygens (including phenoxy) is 2. The van der Waals surface area contributed by atoms with Gasteiger partial charge in [0.25, 0.3) is 11.8 Å². The second-order valence-corrected chi connectivity index (χ2v) is 5.10. The molecular weight excluding hydrogens is 329 g/mol. The van der Waals surface area contributed by atoms with Gasteiger partial charge in [0.15, 0.2) is 11.5 Å². The Hall–Kier alpha value is -3.42. The summed E-state index contributed by atoms with van der Waals surface area (Å²) in [7, 11) is 0. The number of amides is 2. The third-order valence-electron chi connectivity index (χ3n) is 3.32. The highest BCUT2D eigenvalue weighted by Gasteiger charge is 2.12. The Labute approximate surface area is 142 Å². The van der Waals surface area contributed by atoms with Crippen molar-refractivity contribution in [2.45, 2.75) is 0 Å². The summed E-state index contributed by atoms with van der Waals surface area (Å²) in [4.78, 5) is 23.5. The summed E-state index contributed by atoms with van der Waals surface area (Å²) < 4.78 is 23.2. The van der Waals surface area contributed by atoms with E-state index in [2.05, 4.69) is 15.8 Å². The SMILES string of the molecule is O=C(CNC(=O)c1ccc(F)cc1)N/N=C/c1ccc2c(c1)OCO2. The fourth-order valence-electron chi connectivity index (χ4n) is 2.08. The molecule has 25 heavy (non-hydrogen) atoms. The van der Waals surface area contributed by atoms with Crippen LogP contribution in [0.5, 0.6) is 11.5 Å². The normalized spacial score (nSPS) is 12.2. The number of halogens is 1. The molecule has 7 nitrogen and oxygen atoms in total. The number of nitrogens with one attached hydrogen (secondary N) is 2. The van der Waals surface area contributed by atoms with Crippen molar-refractivity contribution in [2.75, 3.05) is 13.3 Å². The maximum absolute atomic E-state index is 12.8. The van der Waals surface area contributed by atoms with Crippen LogP contribution in [0.1, 0.15) is 15.9 Å². The standard InChI is InChI=1S/C17H14FN3O4/c18-13-4-2-12(3-5-13)17(23)19-9-16(22)21-20-8-11-1-6-14-15(7-11)25-10-24-14/h1-8H,9-10H2,(H,19,23)(H,21,22)/b20-8+. The predicted molar refractivity (Wildman–Crippen MR) is 87.0 cm³/mol. The number of benzene rings is 2. The first-order valence-corrected chi connectivity index (χ1v) is 7.37. The Morgan fingerprint density at radius 1 is 1.12 bits per heavy atom. The van der Waals surface area contributed by atoms with Crippen molar-refractivity contribution >= 4 is 18.0 Å². The van der Waals surface area contributed by atoms with Crippen LogP contribution < -0.4 is 20.2 Å². The zero-order valence-corrected chi connectivity index (χ0v) is 13.0. The summed E-state index contributed by atoms with van der Waals surface area (Å²) in [6.07, 6.45) is 1.45. The number of hydrazone groups is 1. The molecule has 0 spiro atoms. The number of carbonyl (C=O) groups is 2. The van der Waals surface area contributed by atoms with E-state index in [1.807, 2.05) is 0 Å². The molecule has 0 atom stereocenters. The van der Waals surface area contributed by atoms with E-state index >= 15 is 0 Å². The molecule has 2 amide bonds. The van der Waals surface area contributed by atoms with Gasteiger partial charge in [-0.1, -0.05) is 0 Å². The number of hydrogen-bond donors (Lipinski definition) is 2. The molecule has 0 saturated heterocycles. The van der Waals surface area contributed by atoms with Gasteiger partial charge in [-0.3, -0.25) is 9.59 Å². The second-order valence-electron chi connectivity index (χ2n) is 5.10. The van der Waals surface area contributed by atoms with Crippen molar-refractivity contribution < 1.29 is 23.5 Å². The Morgan fingerprint density at radius 2 is 1.88 bits per heavy atom. The lowest BCUT2D eigenvalue weighted by atomic mass is 10.2. The summed E-state index contributed by atoms with van der Waals surface area (Å²) in [5, 5.41) is 6.22. The van der Waals surface area contributed by atoms with Gasteiger partial charge >= 0.3 is 0 Å². The Bertz CT molecular complexity index is 821. The highest BCUT2D eigenvalue weighted by atomic mass is 19.1. The maximum Gasteiger partial charge on any atom is 0.259 e. The first-order valence-electron chi connectivity index (χ1n) is 7.37. The summed E-state index contributed by atoms with van der Waals surface area (Å²) in [6.45, 7) is -0.0743. The fraction of sp³-hybridized carbons (Fsp3) is 0.118. The number of hydrogen-bond acceptors (Lipinski definition) is 5. The Kier molecular flexibility index (Phi) is 4.89.